The van der Waals surface area contributed by atoms with Crippen LogP contribution in [0.1, 0.15) is 0 Å². The first kappa shape index (κ1) is 7.63. The third-order valence-electron chi connectivity index (χ3n) is 0.935. The fraction of sp³-hybridized carbons (Fsp3) is 0. The maximum absolute atomic E-state index is 10.0. The minimum absolute atomic E-state index is 0.205. The summed E-state index contributed by atoms with van der Waals surface area (Å²) >= 11 is 8.67. The van der Waals surface area contributed by atoms with E-state index in [2.05, 4.69) is 26.1 Å². The predicted octanol–water partition coefficient (Wildman–Crippen LogP) is 2.31. The Kier molecular flexibility index (Phi) is 2.34. The number of halogens is 2. The molecule has 0 aliphatic heterocycles. The molecule has 3 nitrogen and oxygen atoms in total. The summed E-state index contributed by atoms with van der Waals surface area (Å²) in [4.78, 5) is 12.6. The molecule has 0 fully saturated rings. The van der Waals surface area contributed by atoms with Crippen molar-refractivity contribution >= 4 is 33.2 Å². The van der Waals surface area contributed by atoms with E-state index in [1.165, 1.54) is 6.07 Å². The monoisotopic (exact) mass is 221 g/mol. The number of nitrogens with one attached hydrogen (secondary N) is 1. The van der Waals surface area contributed by atoms with Crippen LogP contribution in [0.2, 0.25) is 5.15 Å². The van der Waals surface area contributed by atoms with Crippen molar-refractivity contribution in [2.45, 2.75) is 0 Å². The number of H-pyrrole nitrogens is 1. The zero-order valence-corrected chi connectivity index (χ0v) is 7.11. The molecule has 0 radical (unpaired) electrons. The van der Waals surface area contributed by atoms with Crippen LogP contribution < -0.4 is 4.98 Å². The highest BCUT2D eigenvalue weighted by molar-refractivity contribution is 9.10. The van der Waals surface area contributed by atoms with Crippen LogP contribution >= 0.6 is 27.5 Å². The van der Waals surface area contributed by atoms with Crippen LogP contribution in [-0.4, -0.2) is 0 Å². The number of nitroso groups, excluding NO2 is 1. The number of aromatic nitrogens is 1. The topological polar surface area (TPSA) is 43.6 Å². The van der Waals surface area contributed by atoms with Gasteiger partial charge in [0.1, 0.15) is 0 Å². The van der Waals surface area contributed by atoms with Crippen molar-refractivity contribution in [2.24, 2.45) is 5.18 Å². The highest BCUT2D eigenvalue weighted by atomic mass is 79.9. The number of aromatic amines is 1. The summed E-state index contributed by atoms with van der Waals surface area (Å²) in [5.41, 5.74) is 0.205. The highest BCUT2D eigenvalue weighted by Crippen LogP contribution is 2.22. The van der Waals surface area contributed by atoms with Crippen LogP contribution in [-0.2, 0) is 0 Å². The van der Waals surface area contributed by atoms with Gasteiger partial charge in [0.25, 0.3) is 0 Å². The molecule has 0 atom stereocenters. The Hall–Kier alpha value is -0.480. The normalized spacial score (nSPS) is 9.40. The molecule has 0 amide bonds. The van der Waals surface area contributed by atoms with E-state index in [0.29, 0.717) is 0 Å². The Morgan fingerprint density at radius 3 is 2.90 bits per heavy atom. The molecule has 1 heterocycles. The van der Waals surface area contributed by atoms with E-state index in [9.17, 15) is 4.91 Å². The number of hydrogen-bond donors (Lipinski definition) is 0. The second kappa shape index (κ2) is 3.07. The van der Waals surface area contributed by atoms with E-state index in [-0.39, 0.29) is 10.8 Å². The molecule has 1 aromatic rings. The Balaban J connectivity index is 3.21. The summed E-state index contributed by atoms with van der Waals surface area (Å²) in [7, 11) is 0. The van der Waals surface area contributed by atoms with Crippen molar-refractivity contribution in [2.75, 3.05) is 0 Å². The SMILES string of the molecule is O=Nc1cc(Br)c[nH+]c1Cl. The number of rotatable bonds is 1. The van der Waals surface area contributed by atoms with Crippen molar-refractivity contribution in [3.63, 3.8) is 0 Å². The first-order chi connectivity index (χ1) is 4.74. The Bertz CT molecular complexity index is 266. The van der Waals surface area contributed by atoms with Gasteiger partial charge in [-0.05, 0) is 38.8 Å². The van der Waals surface area contributed by atoms with Gasteiger partial charge in [0.2, 0.25) is 0 Å². The van der Waals surface area contributed by atoms with Gasteiger partial charge in [0, 0.05) is 0 Å². The van der Waals surface area contributed by atoms with Gasteiger partial charge in [-0.3, -0.25) is 0 Å². The van der Waals surface area contributed by atoms with E-state index < -0.39 is 0 Å². The van der Waals surface area contributed by atoms with Crippen LogP contribution in [0.3, 0.4) is 0 Å². The molecule has 0 aromatic carbocycles. The molecular formula is C5H3BrClN2O+. The van der Waals surface area contributed by atoms with Crippen molar-refractivity contribution in [3.05, 3.63) is 26.8 Å². The van der Waals surface area contributed by atoms with Crippen molar-refractivity contribution < 1.29 is 4.98 Å². The maximum Gasteiger partial charge on any atom is 0.303 e. The summed E-state index contributed by atoms with van der Waals surface area (Å²) in [6.45, 7) is 0. The molecule has 0 unspecified atom stereocenters. The molecule has 0 saturated carbocycles. The molecular weight excluding hydrogens is 219 g/mol. The zero-order valence-electron chi connectivity index (χ0n) is 4.77. The lowest BCUT2D eigenvalue weighted by Crippen LogP contribution is -2.01. The lowest BCUT2D eigenvalue weighted by molar-refractivity contribution is -0.375. The van der Waals surface area contributed by atoms with Gasteiger partial charge in [0.15, 0.2) is 11.9 Å². The molecule has 52 valence electrons. The number of pyridine rings is 1. The number of hydrogen-bond acceptors (Lipinski definition) is 2. The minimum Gasteiger partial charge on any atom is -0.198 e. The smallest absolute Gasteiger partial charge is 0.198 e. The fourth-order valence-electron chi connectivity index (χ4n) is 0.508. The van der Waals surface area contributed by atoms with Crippen LogP contribution in [0.4, 0.5) is 5.69 Å². The van der Waals surface area contributed by atoms with Crippen LogP contribution in [0.15, 0.2) is 21.9 Å². The number of nitrogens with zero attached hydrogens (tertiary/aromatic N) is 1. The summed E-state index contributed by atoms with van der Waals surface area (Å²) in [5.74, 6) is 0. The zero-order chi connectivity index (χ0) is 7.56. The second-order valence-corrected chi connectivity index (χ2v) is 2.90. The molecule has 0 aliphatic carbocycles. The molecule has 0 saturated heterocycles. The van der Waals surface area contributed by atoms with E-state index >= 15 is 0 Å². The van der Waals surface area contributed by atoms with E-state index in [4.69, 9.17) is 11.6 Å². The third-order valence-corrected chi connectivity index (χ3v) is 1.70. The predicted molar refractivity (Wildman–Crippen MR) is 41.2 cm³/mol. The van der Waals surface area contributed by atoms with Crippen LogP contribution in [0.5, 0.6) is 0 Å². The molecule has 5 heteroatoms. The van der Waals surface area contributed by atoms with Crippen molar-refractivity contribution in [1.82, 2.24) is 0 Å². The Morgan fingerprint density at radius 1 is 1.70 bits per heavy atom. The van der Waals surface area contributed by atoms with E-state index in [1.54, 1.807) is 6.20 Å². The van der Waals surface area contributed by atoms with E-state index in [1.807, 2.05) is 0 Å². The largest absolute Gasteiger partial charge is 0.303 e. The van der Waals surface area contributed by atoms with Crippen molar-refractivity contribution in [1.29, 1.82) is 0 Å². The first-order valence-electron chi connectivity index (χ1n) is 2.44. The molecule has 10 heavy (non-hydrogen) atoms. The molecule has 1 rings (SSSR count). The average Bonchev–Trinajstić information content (AvgIpc) is 1.94. The quantitative estimate of drug-likeness (QED) is 0.531. The van der Waals surface area contributed by atoms with Gasteiger partial charge in [-0.15, -0.1) is 4.91 Å². The minimum atomic E-state index is 0.205. The third kappa shape index (κ3) is 1.52. The van der Waals surface area contributed by atoms with Crippen molar-refractivity contribution in [3.8, 4) is 0 Å². The Labute approximate surface area is 70.5 Å². The molecule has 0 aliphatic rings. The average molecular weight is 222 g/mol. The maximum atomic E-state index is 10.0. The summed E-state index contributed by atoms with van der Waals surface area (Å²) in [6, 6.07) is 1.53. The van der Waals surface area contributed by atoms with Crippen LogP contribution in [0.25, 0.3) is 0 Å². The van der Waals surface area contributed by atoms with Gasteiger partial charge in [-0.1, -0.05) is 0 Å². The lowest BCUT2D eigenvalue weighted by atomic mass is 10.4. The highest BCUT2D eigenvalue weighted by Gasteiger charge is 2.07. The Morgan fingerprint density at radius 2 is 2.40 bits per heavy atom. The molecule has 1 aromatic heterocycles. The first-order valence-corrected chi connectivity index (χ1v) is 3.61. The van der Waals surface area contributed by atoms with E-state index in [0.717, 1.165) is 4.47 Å². The summed E-state index contributed by atoms with van der Waals surface area (Å²) < 4.78 is 0.742. The van der Waals surface area contributed by atoms with Gasteiger partial charge in [-0.2, -0.15) is 4.98 Å². The standard InChI is InChI=1S/C5H2BrClN2O/c6-3-1-4(9-10)5(7)8-2-3/h1-2H/p+1. The van der Waals surface area contributed by atoms with Gasteiger partial charge in [-0.25, -0.2) is 0 Å². The van der Waals surface area contributed by atoms with Gasteiger partial charge < -0.3 is 0 Å². The fourth-order valence-corrected chi connectivity index (χ4v) is 0.983. The molecule has 0 bridgehead atoms. The molecule has 1 N–H and O–H groups in total. The second-order valence-electron chi connectivity index (χ2n) is 1.61. The molecule has 0 spiro atoms. The van der Waals surface area contributed by atoms with Gasteiger partial charge >= 0.3 is 5.15 Å². The van der Waals surface area contributed by atoms with Crippen LogP contribution in [0, 0.1) is 4.91 Å². The summed E-state index contributed by atoms with van der Waals surface area (Å²) in [6.07, 6.45) is 1.62. The summed E-state index contributed by atoms with van der Waals surface area (Å²) in [5, 5.41) is 2.94. The lowest BCUT2D eigenvalue weighted by Gasteiger charge is -1.85. The van der Waals surface area contributed by atoms with Gasteiger partial charge in [0.05, 0.1) is 4.47 Å².